The van der Waals surface area contributed by atoms with Crippen molar-refractivity contribution in [3.63, 3.8) is 0 Å². The number of rotatable bonds is 6. The average molecular weight is 172 g/mol. The number of hydrogen-bond donors (Lipinski definition) is 1. The van der Waals surface area contributed by atoms with Crippen LogP contribution < -0.4 is 0 Å². The Morgan fingerprint density at radius 1 is 1.58 bits per heavy atom. The van der Waals surface area contributed by atoms with Crippen LogP contribution >= 0.6 is 0 Å². The Kier molecular flexibility index (Phi) is 6.67. The quantitative estimate of drug-likeness (QED) is 0.566. The average Bonchev–Trinajstić information content (AvgIpc) is 2.10. The van der Waals surface area contributed by atoms with Gasteiger partial charge in [0.25, 0.3) is 0 Å². The lowest BCUT2D eigenvalue weighted by molar-refractivity contribution is 0.0757. The normalized spacial score (nSPS) is 12.9. The zero-order valence-corrected chi connectivity index (χ0v) is 7.66. The van der Waals surface area contributed by atoms with Crippen molar-refractivity contribution in [1.29, 1.82) is 5.26 Å². The van der Waals surface area contributed by atoms with Gasteiger partial charge in [-0.3, -0.25) is 4.90 Å². The zero-order chi connectivity index (χ0) is 9.40. The molecule has 0 rings (SSSR count). The number of nitrogens with zero attached hydrogens (tertiary/aromatic N) is 2. The molecule has 1 atom stereocenters. The first-order chi connectivity index (χ1) is 5.72. The van der Waals surface area contributed by atoms with Crippen LogP contribution in [0.15, 0.2) is 0 Å². The molecule has 1 N–H and O–H groups in total. The summed E-state index contributed by atoms with van der Waals surface area (Å²) in [6, 6.07) is 2.05. The van der Waals surface area contributed by atoms with E-state index in [2.05, 4.69) is 6.07 Å². The van der Waals surface area contributed by atoms with E-state index in [1.54, 1.807) is 0 Å². The first kappa shape index (κ1) is 11.4. The Labute approximate surface area is 73.4 Å². The first-order valence-electron chi connectivity index (χ1n) is 4.00. The lowest BCUT2D eigenvalue weighted by Crippen LogP contribution is -2.31. The Balaban J connectivity index is 3.32. The lowest BCUT2D eigenvalue weighted by Gasteiger charge is -2.18. The minimum absolute atomic E-state index is 0.0531. The van der Waals surface area contributed by atoms with Crippen LogP contribution in [0.4, 0.5) is 0 Å². The smallest absolute Gasteiger partial charge is 0.0947 e. The molecule has 4 heteroatoms. The summed E-state index contributed by atoms with van der Waals surface area (Å²) in [5.41, 5.74) is 0. The Hall–Kier alpha value is -0.630. The topological polar surface area (TPSA) is 56.5 Å². The number of hydrogen-bond acceptors (Lipinski definition) is 4. The largest absolute Gasteiger partial charge is 0.394 e. The van der Waals surface area contributed by atoms with Crippen LogP contribution in [0.25, 0.3) is 0 Å². The van der Waals surface area contributed by atoms with Crippen LogP contribution in [-0.4, -0.2) is 49.5 Å². The molecule has 0 spiro atoms. The van der Waals surface area contributed by atoms with Gasteiger partial charge < -0.3 is 9.84 Å². The third kappa shape index (κ3) is 5.08. The molecule has 0 saturated carbocycles. The zero-order valence-electron chi connectivity index (χ0n) is 7.66. The SMILES string of the molecule is CC(C#N)N(C)CCOCCO. The molecule has 0 radical (unpaired) electrons. The fourth-order valence-electron chi connectivity index (χ4n) is 0.667. The predicted molar refractivity (Wildman–Crippen MR) is 45.6 cm³/mol. The van der Waals surface area contributed by atoms with Crippen molar-refractivity contribution in [2.45, 2.75) is 13.0 Å². The van der Waals surface area contributed by atoms with Gasteiger partial charge in [-0.2, -0.15) is 5.26 Å². The van der Waals surface area contributed by atoms with E-state index in [1.165, 1.54) is 0 Å². The summed E-state index contributed by atoms with van der Waals surface area (Å²) in [5.74, 6) is 0. The number of ether oxygens (including phenoxy) is 1. The number of aliphatic hydroxyl groups is 1. The van der Waals surface area contributed by atoms with E-state index in [9.17, 15) is 0 Å². The molecule has 0 aliphatic heterocycles. The van der Waals surface area contributed by atoms with E-state index in [1.807, 2.05) is 18.9 Å². The second kappa shape index (κ2) is 7.04. The standard InChI is InChI=1S/C8H16N2O2/c1-8(7-9)10(2)3-5-12-6-4-11/h8,11H,3-6H2,1-2H3. The summed E-state index contributed by atoms with van der Waals surface area (Å²) < 4.78 is 5.05. The molecular weight excluding hydrogens is 156 g/mol. The maximum atomic E-state index is 8.54. The van der Waals surface area contributed by atoms with Crippen molar-refractivity contribution in [1.82, 2.24) is 4.90 Å². The molecule has 0 saturated heterocycles. The molecule has 0 fully saturated rings. The van der Waals surface area contributed by atoms with Crippen molar-refractivity contribution < 1.29 is 9.84 Å². The molecule has 0 aliphatic rings. The van der Waals surface area contributed by atoms with Gasteiger partial charge in [-0.15, -0.1) is 0 Å². The molecule has 4 nitrogen and oxygen atoms in total. The van der Waals surface area contributed by atoms with Gasteiger partial charge in [-0.1, -0.05) is 0 Å². The summed E-state index contributed by atoms with van der Waals surface area (Å²) in [6.07, 6.45) is 0. The van der Waals surface area contributed by atoms with Crippen molar-refractivity contribution in [3.05, 3.63) is 0 Å². The van der Waals surface area contributed by atoms with Crippen molar-refractivity contribution in [2.24, 2.45) is 0 Å². The minimum atomic E-state index is -0.0808. The molecule has 1 unspecified atom stereocenters. The number of nitriles is 1. The van der Waals surface area contributed by atoms with E-state index >= 15 is 0 Å². The van der Waals surface area contributed by atoms with Gasteiger partial charge in [0.15, 0.2) is 0 Å². The molecule has 0 heterocycles. The minimum Gasteiger partial charge on any atom is -0.394 e. The van der Waals surface area contributed by atoms with Gasteiger partial charge >= 0.3 is 0 Å². The van der Waals surface area contributed by atoms with Crippen LogP contribution in [0.1, 0.15) is 6.92 Å². The van der Waals surface area contributed by atoms with E-state index in [0.29, 0.717) is 19.8 Å². The maximum Gasteiger partial charge on any atom is 0.0947 e. The highest BCUT2D eigenvalue weighted by Crippen LogP contribution is 1.92. The van der Waals surface area contributed by atoms with Gasteiger partial charge in [-0.25, -0.2) is 0 Å². The summed E-state index contributed by atoms with van der Waals surface area (Å²) >= 11 is 0. The summed E-state index contributed by atoms with van der Waals surface area (Å²) in [5, 5.41) is 16.9. The van der Waals surface area contributed by atoms with E-state index in [0.717, 1.165) is 0 Å². The number of aliphatic hydroxyl groups excluding tert-OH is 1. The second-order valence-corrected chi connectivity index (χ2v) is 2.62. The van der Waals surface area contributed by atoms with E-state index < -0.39 is 0 Å². The Bertz CT molecular complexity index is 144. The summed E-state index contributed by atoms with van der Waals surface area (Å²) in [4.78, 5) is 1.90. The third-order valence-corrected chi connectivity index (χ3v) is 1.67. The Morgan fingerprint density at radius 2 is 2.25 bits per heavy atom. The fourth-order valence-corrected chi connectivity index (χ4v) is 0.667. The third-order valence-electron chi connectivity index (χ3n) is 1.67. The van der Waals surface area contributed by atoms with E-state index in [4.69, 9.17) is 15.1 Å². The van der Waals surface area contributed by atoms with Crippen LogP contribution in [-0.2, 0) is 4.74 Å². The maximum absolute atomic E-state index is 8.54. The van der Waals surface area contributed by atoms with Gasteiger partial charge in [0.05, 0.1) is 31.9 Å². The highest BCUT2D eigenvalue weighted by molar-refractivity contribution is 4.86. The molecule has 12 heavy (non-hydrogen) atoms. The molecule has 0 aliphatic carbocycles. The molecule has 70 valence electrons. The molecule has 0 aromatic heterocycles. The fraction of sp³-hybridized carbons (Fsp3) is 0.875. The molecular formula is C8H16N2O2. The molecule has 0 aromatic rings. The Morgan fingerprint density at radius 3 is 2.75 bits per heavy atom. The van der Waals surface area contributed by atoms with Crippen LogP contribution in [0, 0.1) is 11.3 Å². The first-order valence-corrected chi connectivity index (χ1v) is 4.00. The van der Waals surface area contributed by atoms with Crippen LogP contribution in [0.5, 0.6) is 0 Å². The van der Waals surface area contributed by atoms with Crippen molar-refractivity contribution in [2.75, 3.05) is 33.4 Å². The molecule has 0 amide bonds. The van der Waals surface area contributed by atoms with Crippen molar-refractivity contribution >= 4 is 0 Å². The highest BCUT2D eigenvalue weighted by Gasteiger charge is 2.05. The monoisotopic (exact) mass is 172 g/mol. The summed E-state index contributed by atoms with van der Waals surface area (Å²) in [6.45, 7) is 3.54. The van der Waals surface area contributed by atoms with E-state index in [-0.39, 0.29) is 12.6 Å². The number of likely N-dealkylation sites (N-methyl/N-ethyl adjacent to an activating group) is 1. The van der Waals surface area contributed by atoms with Gasteiger partial charge in [-0.05, 0) is 14.0 Å². The van der Waals surface area contributed by atoms with Crippen LogP contribution in [0.3, 0.4) is 0 Å². The molecule has 0 bridgehead atoms. The molecule has 0 aromatic carbocycles. The van der Waals surface area contributed by atoms with Crippen molar-refractivity contribution in [3.8, 4) is 6.07 Å². The van der Waals surface area contributed by atoms with Gasteiger partial charge in [0, 0.05) is 6.54 Å². The summed E-state index contributed by atoms with van der Waals surface area (Å²) in [7, 11) is 1.87. The van der Waals surface area contributed by atoms with Gasteiger partial charge in [0.2, 0.25) is 0 Å². The second-order valence-electron chi connectivity index (χ2n) is 2.62. The van der Waals surface area contributed by atoms with Crippen LogP contribution in [0.2, 0.25) is 0 Å². The highest BCUT2D eigenvalue weighted by atomic mass is 16.5. The lowest BCUT2D eigenvalue weighted by atomic mass is 10.3. The van der Waals surface area contributed by atoms with Gasteiger partial charge in [0.1, 0.15) is 0 Å². The predicted octanol–water partition coefficient (Wildman–Crippen LogP) is -0.161.